The molecule has 188 valence electrons. The zero-order valence-corrected chi connectivity index (χ0v) is 20.5. The van der Waals surface area contributed by atoms with E-state index < -0.39 is 24.7 Å². The summed E-state index contributed by atoms with van der Waals surface area (Å²) in [5.41, 5.74) is 4.77. The summed E-state index contributed by atoms with van der Waals surface area (Å²) in [4.78, 5) is 28.4. The molecule has 1 N–H and O–H groups in total. The van der Waals surface area contributed by atoms with Gasteiger partial charge in [-0.1, -0.05) is 57.3 Å². The van der Waals surface area contributed by atoms with Crippen molar-refractivity contribution in [2.75, 3.05) is 19.6 Å². The lowest BCUT2D eigenvalue weighted by Crippen LogP contribution is -2.60. The number of hydrogen-bond donors (Lipinski definition) is 1. The number of hydrogen-bond acceptors (Lipinski definition) is 4. The quantitative estimate of drug-likeness (QED) is 0.616. The third-order valence-electron chi connectivity index (χ3n) is 6.25. The van der Waals surface area contributed by atoms with E-state index in [4.69, 9.17) is 11.6 Å². The van der Waals surface area contributed by atoms with Gasteiger partial charge in [0.05, 0.1) is 12.1 Å². The van der Waals surface area contributed by atoms with Crippen LogP contribution in [0.4, 0.5) is 13.2 Å². The smallest absolute Gasteiger partial charge is 0.332 e. The molecule has 3 heterocycles. The Hall–Kier alpha value is -2.26. The third-order valence-corrected chi connectivity index (χ3v) is 6.50. The number of unbranched alkanes of at least 4 members (excludes halogenated alkanes) is 1. The summed E-state index contributed by atoms with van der Waals surface area (Å²) in [5.74, 6) is -0.951. The van der Waals surface area contributed by atoms with Crippen LogP contribution < -0.4 is 5.43 Å². The minimum absolute atomic E-state index is 0.000822. The number of amides is 2. The zero-order chi connectivity index (χ0) is 25.0. The van der Waals surface area contributed by atoms with Crippen LogP contribution in [-0.4, -0.2) is 64.5 Å². The maximum Gasteiger partial charge on any atom is 0.406 e. The monoisotopic (exact) mass is 500 g/mol. The van der Waals surface area contributed by atoms with Gasteiger partial charge in [0.15, 0.2) is 0 Å². The van der Waals surface area contributed by atoms with E-state index in [1.807, 2.05) is 37.1 Å². The van der Waals surface area contributed by atoms with Crippen molar-refractivity contribution in [1.82, 2.24) is 20.2 Å². The second kappa shape index (κ2) is 11.0. The van der Waals surface area contributed by atoms with Gasteiger partial charge in [-0.05, 0) is 36.6 Å². The second-order valence-corrected chi connectivity index (χ2v) is 8.95. The van der Waals surface area contributed by atoms with Gasteiger partial charge in [-0.25, -0.2) is 5.43 Å². The molecule has 34 heavy (non-hydrogen) atoms. The van der Waals surface area contributed by atoms with Gasteiger partial charge in [0, 0.05) is 18.1 Å². The van der Waals surface area contributed by atoms with Crippen LogP contribution in [0.5, 0.6) is 0 Å². The van der Waals surface area contributed by atoms with Crippen molar-refractivity contribution < 1.29 is 22.8 Å². The largest absolute Gasteiger partial charge is 0.406 e. The summed E-state index contributed by atoms with van der Waals surface area (Å²) in [6.07, 6.45) is 0.278. The molecule has 0 aromatic heterocycles. The fourth-order valence-corrected chi connectivity index (χ4v) is 4.79. The fourth-order valence-electron chi connectivity index (χ4n) is 4.66. The van der Waals surface area contributed by atoms with E-state index in [1.165, 1.54) is 4.90 Å². The highest BCUT2D eigenvalue weighted by atomic mass is 35.5. The molecule has 3 unspecified atom stereocenters. The van der Waals surface area contributed by atoms with Gasteiger partial charge in [0.2, 0.25) is 5.91 Å². The first-order valence-corrected chi connectivity index (χ1v) is 12.2. The number of carbonyl (C=O) groups excluding carboxylic acids is 2. The maximum atomic E-state index is 13.3. The lowest BCUT2D eigenvalue weighted by atomic mass is 10.0. The maximum absolute atomic E-state index is 13.3. The van der Waals surface area contributed by atoms with Crippen molar-refractivity contribution >= 4 is 23.4 Å². The first-order valence-electron chi connectivity index (χ1n) is 11.9. The molecule has 0 saturated carbocycles. The zero-order valence-electron chi connectivity index (χ0n) is 19.7. The van der Waals surface area contributed by atoms with Crippen molar-refractivity contribution in [3.8, 4) is 0 Å². The van der Waals surface area contributed by atoms with Crippen LogP contribution in [0.1, 0.15) is 58.1 Å². The predicted molar refractivity (Wildman–Crippen MR) is 125 cm³/mol. The van der Waals surface area contributed by atoms with Gasteiger partial charge in [-0.2, -0.15) is 13.2 Å². The summed E-state index contributed by atoms with van der Waals surface area (Å²) < 4.78 is 38.5. The standard InChI is InChI=1S/C22H26ClF3N4O2.C2H6/c1-2-3-4-16-12-29(18-9-10-28(20(18)31)13-22(24,25)26)21(32)19-11-17(27-30(16)19)14-5-7-15(23)8-6-14;1-2/h5-8,11,16-18,27H,2-4,9-10,12-13H2,1H3;1-2H3. The molecule has 0 bridgehead atoms. The second-order valence-electron chi connectivity index (χ2n) is 8.51. The number of likely N-dealkylation sites (tertiary alicyclic amines) is 1. The van der Waals surface area contributed by atoms with Crippen molar-refractivity contribution in [3.63, 3.8) is 0 Å². The Morgan fingerprint density at radius 3 is 2.44 bits per heavy atom. The Labute approximate surface area is 203 Å². The summed E-state index contributed by atoms with van der Waals surface area (Å²) in [5, 5.41) is 2.49. The highest BCUT2D eigenvalue weighted by Crippen LogP contribution is 2.35. The lowest BCUT2D eigenvalue weighted by Gasteiger charge is -2.43. The number of benzene rings is 1. The normalized spacial score (nSPS) is 24.7. The van der Waals surface area contributed by atoms with Gasteiger partial charge >= 0.3 is 6.18 Å². The molecule has 3 atom stereocenters. The van der Waals surface area contributed by atoms with E-state index in [2.05, 4.69) is 12.3 Å². The molecule has 3 aliphatic rings. The molecule has 0 radical (unpaired) electrons. The van der Waals surface area contributed by atoms with Crippen LogP contribution in [0.15, 0.2) is 36.0 Å². The molecule has 2 fully saturated rings. The molecule has 2 amide bonds. The van der Waals surface area contributed by atoms with E-state index in [9.17, 15) is 22.8 Å². The van der Waals surface area contributed by atoms with Crippen LogP contribution in [0.2, 0.25) is 5.02 Å². The SMILES string of the molecule is CC.CCCCC1CN(C2CCN(CC(F)(F)F)C2=O)C(=O)C2=CC(c3ccc(Cl)cc3)NN21. The van der Waals surface area contributed by atoms with Crippen LogP contribution in [0, 0.1) is 0 Å². The van der Waals surface area contributed by atoms with Crippen LogP contribution in [-0.2, 0) is 9.59 Å². The Morgan fingerprint density at radius 2 is 1.82 bits per heavy atom. The number of nitrogens with zero attached hydrogens (tertiary/aromatic N) is 3. The number of hydrazine groups is 1. The average molecular weight is 501 g/mol. The average Bonchev–Trinajstić information content (AvgIpc) is 3.39. The molecular weight excluding hydrogens is 469 g/mol. The lowest BCUT2D eigenvalue weighted by molar-refractivity contribution is -0.160. The summed E-state index contributed by atoms with van der Waals surface area (Å²) in [6, 6.07) is 6.18. The Morgan fingerprint density at radius 1 is 1.15 bits per heavy atom. The minimum atomic E-state index is -4.46. The number of rotatable bonds is 6. The van der Waals surface area contributed by atoms with Crippen molar-refractivity contribution in [2.45, 2.75) is 70.8 Å². The first-order chi connectivity index (χ1) is 16.2. The predicted octanol–water partition coefficient (Wildman–Crippen LogP) is 4.68. The Bertz CT molecular complexity index is 906. The Kier molecular flexibility index (Phi) is 8.52. The van der Waals surface area contributed by atoms with E-state index >= 15 is 0 Å². The molecule has 1 aromatic rings. The molecule has 0 aliphatic carbocycles. The third kappa shape index (κ3) is 5.68. The number of nitrogens with one attached hydrogen (secondary N) is 1. The molecule has 1 aromatic carbocycles. The molecule has 3 aliphatic heterocycles. The number of fused-ring (bicyclic) bond motifs is 1. The number of halogens is 4. The van der Waals surface area contributed by atoms with Crippen LogP contribution >= 0.6 is 11.6 Å². The molecular formula is C24H32ClF3N4O2. The molecule has 10 heteroatoms. The Balaban J connectivity index is 0.00000158. The highest BCUT2D eigenvalue weighted by molar-refractivity contribution is 6.30. The van der Waals surface area contributed by atoms with Crippen molar-refractivity contribution in [3.05, 3.63) is 46.6 Å². The van der Waals surface area contributed by atoms with E-state index in [-0.39, 0.29) is 31.0 Å². The minimum Gasteiger partial charge on any atom is -0.332 e. The van der Waals surface area contributed by atoms with Crippen molar-refractivity contribution in [2.24, 2.45) is 0 Å². The van der Waals surface area contributed by atoms with Gasteiger partial charge in [0.25, 0.3) is 5.91 Å². The van der Waals surface area contributed by atoms with Crippen LogP contribution in [0.25, 0.3) is 0 Å². The van der Waals surface area contributed by atoms with Crippen LogP contribution in [0.3, 0.4) is 0 Å². The van der Waals surface area contributed by atoms with E-state index in [0.29, 0.717) is 17.3 Å². The van der Waals surface area contributed by atoms with Crippen molar-refractivity contribution in [1.29, 1.82) is 0 Å². The topological polar surface area (TPSA) is 55.9 Å². The van der Waals surface area contributed by atoms with Gasteiger partial charge in [-0.15, -0.1) is 0 Å². The molecule has 4 rings (SSSR count). The molecule has 6 nitrogen and oxygen atoms in total. The molecule has 0 spiro atoms. The number of alkyl halides is 3. The van der Waals surface area contributed by atoms with Gasteiger partial charge in [0.1, 0.15) is 18.3 Å². The fraction of sp³-hybridized carbons (Fsp3) is 0.583. The summed E-state index contributed by atoms with van der Waals surface area (Å²) >= 11 is 5.99. The number of piperazine rings is 1. The van der Waals surface area contributed by atoms with Gasteiger partial charge in [-0.3, -0.25) is 14.6 Å². The summed E-state index contributed by atoms with van der Waals surface area (Å²) in [7, 11) is 0. The number of carbonyl (C=O) groups is 2. The summed E-state index contributed by atoms with van der Waals surface area (Å²) in [6.45, 7) is 5.10. The first kappa shape index (κ1) is 26.3. The van der Waals surface area contributed by atoms with E-state index in [1.54, 1.807) is 12.1 Å². The van der Waals surface area contributed by atoms with E-state index in [0.717, 1.165) is 29.7 Å². The molecule has 2 saturated heterocycles. The highest BCUT2D eigenvalue weighted by Gasteiger charge is 2.48. The van der Waals surface area contributed by atoms with Gasteiger partial charge < -0.3 is 9.80 Å².